The van der Waals surface area contributed by atoms with Crippen LogP contribution < -0.4 is 5.32 Å². The van der Waals surface area contributed by atoms with E-state index in [1.165, 1.54) is 0 Å². The fourth-order valence-electron chi connectivity index (χ4n) is 1.58. The molecule has 0 saturated heterocycles. The molecule has 17 heavy (non-hydrogen) atoms. The zero-order valence-electron chi connectivity index (χ0n) is 10.5. The van der Waals surface area contributed by atoms with Gasteiger partial charge in [0.15, 0.2) is 0 Å². The van der Waals surface area contributed by atoms with Crippen molar-refractivity contribution in [3.8, 4) is 0 Å². The quantitative estimate of drug-likeness (QED) is 0.845. The van der Waals surface area contributed by atoms with Crippen LogP contribution in [0.15, 0.2) is 18.2 Å². The summed E-state index contributed by atoms with van der Waals surface area (Å²) in [6.07, 6.45) is 0.203. The van der Waals surface area contributed by atoms with Crippen LogP contribution in [0.25, 0.3) is 0 Å². The third-order valence-corrected chi connectivity index (χ3v) is 3.24. The number of likely N-dealkylation sites (N-methyl/N-ethyl adjacent to an activating group) is 1. The number of nitrogens with one attached hydrogen (secondary N) is 1. The molecule has 2 nitrogen and oxygen atoms in total. The van der Waals surface area contributed by atoms with E-state index in [9.17, 15) is 0 Å². The molecular formula is C13H19Cl2NO. The Balaban J connectivity index is 2.85. The summed E-state index contributed by atoms with van der Waals surface area (Å²) < 4.78 is 5.64. The van der Waals surface area contributed by atoms with Crippen LogP contribution in [0.1, 0.15) is 32.4 Å². The summed E-state index contributed by atoms with van der Waals surface area (Å²) in [5.74, 6) is 0. The maximum Gasteiger partial charge on any atom is 0.0665 e. The summed E-state index contributed by atoms with van der Waals surface area (Å²) in [7, 11) is 0. The first kappa shape index (κ1) is 14.8. The maximum atomic E-state index is 6.21. The summed E-state index contributed by atoms with van der Waals surface area (Å²) >= 11 is 12.2. The topological polar surface area (TPSA) is 21.3 Å². The molecule has 0 radical (unpaired) electrons. The van der Waals surface area contributed by atoms with Gasteiger partial charge in [0.25, 0.3) is 0 Å². The Labute approximate surface area is 113 Å². The van der Waals surface area contributed by atoms with Crippen LogP contribution in [-0.2, 0) is 4.74 Å². The number of halogens is 2. The highest BCUT2D eigenvalue weighted by Crippen LogP contribution is 2.30. The van der Waals surface area contributed by atoms with Gasteiger partial charge in [-0.25, -0.2) is 0 Å². The van der Waals surface area contributed by atoms with Gasteiger partial charge in [0.05, 0.1) is 28.8 Å². The number of rotatable bonds is 6. The molecule has 1 unspecified atom stereocenters. The highest BCUT2D eigenvalue weighted by Gasteiger charge is 2.16. The molecule has 1 atom stereocenters. The van der Waals surface area contributed by atoms with E-state index >= 15 is 0 Å². The fraction of sp³-hybridized carbons (Fsp3) is 0.538. The van der Waals surface area contributed by atoms with E-state index in [4.69, 9.17) is 27.9 Å². The first-order valence-electron chi connectivity index (χ1n) is 5.85. The predicted molar refractivity (Wildman–Crippen MR) is 74.0 cm³/mol. The van der Waals surface area contributed by atoms with Gasteiger partial charge in [0, 0.05) is 0 Å². The Hall–Kier alpha value is -0.280. The van der Waals surface area contributed by atoms with Gasteiger partial charge in [-0.15, -0.1) is 0 Å². The van der Waals surface area contributed by atoms with E-state index in [1.807, 2.05) is 26.0 Å². The summed E-state index contributed by atoms with van der Waals surface area (Å²) in [4.78, 5) is 0. The van der Waals surface area contributed by atoms with Gasteiger partial charge in [0.2, 0.25) is 0 Å². The molecule has 1 aromatic carbocycles. The molecule has 96 valence electrons. The minimum atomic E-state index is 0.0774. The fourth-order valence-corrected chi connectivity index (χ4v) is 2.02. The van der Waals surface area contributed by atoms with E-state index in [0.717, 1.165) is 12.1 Å². The van der Waals surface area contributed by atoms with Gasteiger partial charge in [-0.1, -0.05) is 42.3 Å². The standard InChI is InChI=1S/C13H19Cl2NO/c1-4-16-12(8-17-9(2)3)10-6-5-7-11(14)13(10)15/h5-7,9,12,16H,4,8H2,1-3H3. The number of hydrogen-bond donors (Lipinski definition) is 1. The lowest BCUT2D eigenvalue weighted by molar-refractivity contribution is 0.0614. The lowest BCUT2D eigenvalue weighted by atomic mass is 10.1. The lowest BCUT2D eigenvalue weighted by Gasteiger charge is -2.21. The average molecular weight is 276 g/mol. The van der Waals surface area contributed by atoms with Crippen molar-refractivity contribution >= 4 is 23.2 Å². The summed E-state index contributed by atoms with van der Waals surface area (Å²) in [6, 6.07) is 5.75. The minimum absolute atomic E-state index is 0.0774. The molecule has 0 aliphatic heterocycles. The van der Waals surface area contributed by atoms with Crippen molar-refractivity contribution in [3.05, 3.63) is 33.8 Å². The van der Waals surface area contributed by atoms with E-state index in [0.29, 0.717) is 16.7 Å². The molecule has 0 aromatic heterocycles. The van der Waals surface area contributed by atoms with Crippen molar-refractivity contribution in [1.82, 2.24) is 5.32 Å². The van der Waals surface area contributed by atoms with Crippen LogP contribution in [0.4, 0.5) is 0 Å². The molecule has 0 spiro atoms. The summed E-state index contributed by atoms with van der Waals surface area (Å²) in [5.41, 5.74) is 0.988. The molecule has 0 heterocycles. The second-order valence-corrected chi connectivity index (χ2v) is 4.92. The average Bonchev–Trinajstić information content (AvgIpc) is 2.28. The third-order valence-electron chi connectivity index (χ3n) is 2.40. The van der Waals surface area contributed by atoms with E-state index in [2.05, 4.69) is 12.2 Å². The van der Waals surface area contributed by atoms with Crippen molar-refractivity contribution in [3.63, 3.8) is 0 Å². The molecule has 0 aliphatic carbocycles. The molecule has 0 bridgehead atoms. The largest absolute Gasteiger partial charge is 0.377 e. The summed E-state index contributed by atoms with van der Waals surface area (Å²) in [6.45, 7) is 7.53. The minimum Gasteiger partial charge on any atom is -0.377 e. The van der Waals surface area contributed by atoms with Gasteiger partial charge < -0.3 is 10.1 Å². The van der Waals surface area contributed by atoms with E-state index in [-0.39, 0.29) is 12.1 Å². The van der Waals surface area contributed by atoms with Crippen molar-refractivity contribution < 1.29 is 4.74 Å². The third kappa shape index (κ3) is 4.47. The molecule has 1 N–H and O–H groups in total. The van der Waals surface area contributed by atoms with Crippen molar-refractivity contribution in [2.24, 2.45) is 0 Å². The van der Waals surface area contributed by atoms with Crippen molar-refractivity contribution in [2.45, 2.75) is 32.9 Å². The second kappa shape index (κ2) is 7.22. The van der Waals surface area contributed by atoms with Crippen LogP contribution in [0, 0.1) is 0 Å². The predicted octanol–water partition coefficient (Wildman–Crippen LogP) is 4.07. The number of ether oxygens (including phenoxy) is 1. The second-order valence-electron chi connectivity index (χ2n) is 4.14. The van der Waals surface area contributed by atoms with Crippen LogP contribution >= 0.6 is 23.2 Å². The first-order chi connectivity index (χ1) is 8.06. The molecule has 0 aliphatic rings. The lowest BCUT2D eigenvalue weighted by Crippen LogP contribution is -2.27. The van der Waals surface area contributed by atoms with Gasteiger partial charge in [-0.05, 0) is 32.0 Å². The van der Waals surface area contributed by atoms with Crippen molar-refractivity contribution in [2.75, 3.05) is 13.2 Å². The maximum absolute atomic E-state index is 6.21. The van der Waals surface area contributed by atoms with Crippen LogP contribution in [0.5, 0.6) is 0 Å². The van der Waals surface area contributed by atoms with Crippen LogP contribution in [0.2, 0.25) is 10.0 Å². The highest BCUT2D eigenvalue weighted by molar-refractivity contribution is 6.42. The Bertz CT molecular complexity index is 355. The molecule has 1 rings (SSSR count). The molecule has 0 amide bonds. The van der Waals surface area contributed by atoms with E-state index < -0.39 is 0 Å². The molecular weight excluding hydrogens is 257 g/mol. The van der Waals surface area contributed by atoms with Gasteiger partial charge in [-0.3, -0.25) is 0 Å². The van der Waals surface area contributed by atoms with Gasteiger partial charge in [-0.2, -0.15) is 0 Å². The number of benzene rings is 1. The Morgan fingerprint density at radius 1 is 1.29 bits per heavy atom. The number of hydrogen-bond acceptors (Lipinski definition) is 2. The molecule has 0 fully saturated rings. The first-order valence-corrected chi connectivity index (χ1v) is 6.60. The van der Waals surface area contributed by atoms with Crippen molar-refractivity contribution in [1.29, 1.82) is 0 Å². The molecule has 4 heteroatoms. The normalized spacial score (nSPS) is 13.1. The van der Waals surface area contributed by atoms with Crippen LogP contribution in [-0.4, -0.2) is 19.3 Å². The van der Waals surface area contributed by atoms with E-state index in [1.54, 1.807) is 6.07 Å². The van der Waals surface area contributed by atoms with Gasteiger partial charge in [0.1, 0.15) is 0 Å². The Kier molecular flexibility index (Phi) is 6.28. The molecule has 0 saturated carbocycles. The Morgan fingerprint density at radius 3 is 2.59 bits per heavy atom. The van der Waals surface area contributed by atoms with Crippen LogP contribution in [0.3, 0.4) is 0 Å². The highest BCUT2D eigenvalue weighted by atomic mass is 35.5. The smallest absolute Gasteiger partial charge is 0.0665 e. The Morgan fingerprint density at radius 2 is 2.00 bits per heavy atom. The zero-order valence-corrected chi connectivity index (χ0v) is 12.0. The monoisotopic (exact) mass is 275 g/mol. The molecule has 1 aromatic rings. The SMILES string of the molecule is CCNC(COC(C)C)c1cccc(Cl)c1Cl. The zero-order chi connectivity index (χ0) is 12.8. The summed E-state index contributed by atoms with van der Waals surface area (Å²) in [5, 5.41) is 4.54. The van der Waals surface area contributed by atoms with Gasteiger partial charge >= 0.3 is 0 Å².